The predicted octanol–water partition coefficient (Wildman–Crippen LogP) is 7.58. The summed E-state index contributed by atoms with van der Waals surface area (Å²) in [5.74, 6) is 0.422. The number of rotatable bonds is 7. The molecule has 2 aliphatic rings. The lowest BCUT2D eigenvalue weighted by Crippen LogP contribution is -2.47. The highest BCUT2D eigenvalue weighted by atomic mass is 35.5. The van der Waals surface area contributed by atoms with Crippen molar-refractivity contribution in [3.63, 3.8) is 0 Å². The van der Waals surface area contributed by atoms with Crippen molar-refractivity contribution >= 4 is 39.7 Å². The lowest BCUT2D eigenvalue weighted by atomic mass is 9.72. The maximum Gasteiger partial charge on any atom is 0.341 e. The van der Waals surface area contributed by atoms with Crippen LogP contribution in [0, 0.1) is 5.41 Å². The van der Waals surface area contributed by atoms with Gasteiger partial charge in [-0.1, -0.05) is 43.2 Å². The van der Waals surface area contributed by atoms with Gasteiger partial charge in [-0.3, -0.25) is 4.90 Å². The molecular weight excluding hydrogens is 548 g/mol. The largest absolute Gasteiger partial charge is 0.465 e. The number of nitrogens with zero attached hydrogens (tertiary/aromatic N) is 3. The zero-order chi connectivity index (χ0) is 29.3. The number of esters is 1. The number of hydrogen-bond acceptors (Lipinski definition) is 6. The summed E-state index contributed by atoms with van der Waals surface area (Å²) < 4.78 is 11.2. The van der Waals surface area contributed by atoms with Gasteiger partial charge in [0.05, 0.1) is 18.8 Å². The number of aromatic amines is 1. The van der Waals surface area contributed by atoms with E-state index in [1.54, 1.807) is 17.8 Å². The van der Waals surface area contributed by atoms with Crippen LogP contribution >= 0.6 is 11.6 Å². The highest BCUT2D eigenvalue weighted by Crippen LogP contribution is 2.43. The highest BCUT2D eigenvalue weighted by molar-refractivity contribution is 6.30. The Labute approximate surface area is 252 Å². The van der Waals surface area contributed by atoms with Gasteiger partial charge < -0.3 is 19.4 Å². The number of anilines is 1. The molecule has 1 N–H and O–H groups in total. The summed E-state index contributed by atoms with van der Waals surface area (Å²) in [5, 5.41) is 1.76. The molecule has 1 fully saturated rings. The highest BCUT2D eigenvalue weighted by Gasteiger charge is 2.29. The van der Waals surface area contributed by atoms with Gasteiger partial charge in [-0.05, 0) is 66.1 Å². The fourth-order valence-electron chi connectivity index (χ4n) is 6.07. The molecule has 42 heavy (non-hydrogen) atoms. The van der Waals surface area contributed by atoms with E-state index < -0.39 is 5.97 Å². The average Bonchev–Trinajstić information content (AvgIpc) is 3.46. The number of benzene rings is 2. The Hall–Kier alpha value is -3.81. The first kappa shape index (κ1) is 28.3. The SMILES string of the molecule is COC(=O)c1ccc(N2CCN(CC3=C(c4ccc(Cl)cc4)CC(C)(C)CC3)CC2)cc1Oc1cc2cc[nH]c2cn1. The molecule has 1 saturated heterocycles. The van der Waals surface area contributed by atoms with Crippen molar-refractivity contribution in [3.05, 3.63) is 88.7 Å². The molecular formula is C34H37ClN4O3. The van der Waals surface area contributed by atoms with E-state index >= 15 is 0 Å². The second-order valence-electron chi connectivity index (χ2n) is 12.1. The first-order chi connectivity index (χ1) is 20.3. The summed E-state index contributed by atoms with van der Waals surface area (Å²) in [7, 11) is 1.38. The Kier molecular flexibility index (Phi) is 7.97. The molecule has 1 aliphatic heterocycles. The lowest BCUT2D eigenvalue weighted by molar-refractivity contribution is 0.0598. The Bertz CT molecular complexity index is 1620. The molecule has 7 nitrogen and oxygen atoms in total. The monoisotopic (exact) mass is 584 g/mol. The third kappa shape index (κ3) is 6.18. The van der Waals surface area contributed by atoms with E-state index in [9.17, 15) is 4.79 Å². The molecule has 2 aromatic heterocycles. The molecule has 218 valence electrons. The van der Waals surface area contributed by atoms with Crippen molar-refractivity contribution in [3.8, 4) is 11.6 Å². The van der Waals surface area contributed by atoms with Crippen molar-refractivity contribution in [2.75, 3.05) is 44.7 Å². The van der Waals surface area contributed by atoms with Crippen LogP contribution in [-0.2, 0) is 4.74 Å². The van der Waals surface area contributed by atoms with Crippen LogP contribution in [0.5, 0.6) is 11.6 Å². The van der Waals surface area contributed by atoms with Crippen LogP contribution < -0.4 is 9.64 Å². The van der Waals surface area contributed by atoms with E-state index in [-0.39, 0.29) is 0 Å². The maximum absolute atomic E-state index is 12.5. The molecule has 2 aromatic carbocycles. The van der Waals surface area contributed by atoms with E-state index in [1.807, 2.05) is 42.6 Å². The van der Waals surface area contributed by atoms with Gasteiger partial charge in [0, 0.05) is 67.1 Å². The third-order valence-electron chi connectivity index (χ3n) is 8.53. The Balaban J connectivity index is 1.18. The molecule has 3 heterocycles. The summed E-state index contributed by atoms with van der Waals surface area (Å²) in [4.78, 5) is 25.0. The predicted molar refractivity (Wildman–Crippen MR) is 169 cm³/mol. The number of aromatic nitrogens is 2. The standard InChI is InChI=1S/C34H37ClN4O3/c1-34(2)12-10-25(29(20-34)23-4-6-26(35)7-5-23)22-38-14-16-39(17-15-38)27-8-9-28(33(40)41-3)31(19-27)42-32-18-24-11-13-36-30(24)21-37-32/h4-9,11,13,18-19,21,36H,10,12,14-17,20,22H2,1-3H3. The molecule has 1 aliphatic carbocycles. The number of allylic oxidation sites excluding steroid dienone is 1. The fourth-order valence-corrected chi connectivity index (χ4v) is 6.19. The number of nitrogens with one attached hydrogen (secondary N) is 1. The minimum Gasteiger partial charge on any atom is -0.465 e. The van der Waals surface area contributed by atoms with Gasteiger partial charge in [0.25, 0.3) is 0 Å². The van der Waals surface area contributed by atoms with Crippen LogP contribution in [0.2, 0.25) is 5.02 Å². The van der Waals surface area contributed by atoms with Gasteiger partial charge in [-0.2, -0.15) is 0 Å². The molecule has 8 heteroatoms. The van der Waals surface area contributed by atoms with E-state index in [0.29, 0.717) is 22.6 Å². The maximum atomic E-state index is 12.5. The van der Waals surface area contributed by atoms with Crippen LogP contribution in [0.1, 0.15) is 49.0 Å². The van der Waals surface area contributed by atoms with Crippen molar-refractivity contribution in [2.45, 2.75) is 33.1 Å². The smallest absolute Gasteiger partial charge is 0.341 e. The summed E-state index contributed by atoms with van der Waals surface area (Å²) in [6, 6.07) is 17.8. The van der Waals surface area contributed by atoms with E-state index in [0.717, 1.165) is 67.2 Å². The summed E-state index contributed by atoms with van der Waals surface area (Å²) in [6.07, 6.45) is 7.02. The van der Waals surface area contributed by atoms with E-state index in [2.05, 4.69) is 45.7 Å². The Morgan fingerprint density at radius 3 is 2.60 bits per heavy atom. The normalized spacial score (nSPS) is 17.5. The van der Waals surface area contributed by atoms with Gasteiger partial charge in [-0.15, -0.1) is 0 Å². The van der Waals surface area contributed by atoms with Crippen molar-refractivity contribution in [1.82, 2.24) is 14.9 Å². The first-order valence-corrected chi connectivity index (χ1v) is 14.9. The lowest BCUT2D eigenvalue weighted by Gasteiger charge is -2.39. The molecule has 0 unspecified atom stereocenters. The number of pyridine rings is 1. The van der Waals surface area contributed by atoms with Gasteiger partial charge >= 0.3 is 5.97 Å². The number of carbonyl (C=O) groups is 1. The van der Waals surface area contributed by atoms with Gasteiger partial charge in [0.2, 0.25) is 5.88 Å². The van der Waals surface area contributed by atoms with Crippen molar-refractivity contribution in [2.24, 2.45) is 5.41 Å². The summed E-state index contributed by atoms with van der Waals surface area (Å²) >= 11 is 6.20. The molecule has 4 aromatic rings. The minimum atomic E-state index is -0.440. The minimum absolute atomic E-state index is 0.302. The summed E-state index contributed by atoms with van der Waals surface area (Å²) in [6.45, 7) is 9.43. The van der Waals surface area contributed by atoms with Crippen LogP contribution in [-0.4, -0.2) is 60.7 Å². The van der Waals surface area contributed by atoms with Crippen molar-refractivity contribution in [1.29, 1.82) is 0 Å². The number of methoxy groups -OCH3 is 1. The van der Waals surface area contributed by atoms with Gasteiger partial charge in [0.1, 0.15) is 11.3 Å². The topological polar surface area (TPSA) is 70.7 Å². The molecule has 0 bridgehead atoms. The molecule has 0 amide bonds. The number of carbonyl (C=O) groups excluding carboxylic acids is 1. The first-order valence-electron chi connectivity index (χ1n) is 14.6. The summed E-state index contributed by atoms with van der Waals surface area (Å²) in [5.41, 5.74) is 6.95. The molecule has 0 spiro atoms. The van der Waals surface area contributed by atoms with Crippen LogP contribution in [0.4, 0.5) is 5.69 Å². The van der Waals surface area contributed by atoms with Crippen LogP contribution in [0.3, 0.4) is 0 Å². The number of ether oxygens (including phenoxy) is 2. The quantitative estimate of drug-likeness (QED) is 0.226. The van der Waals surface area contributed by atoms with Gasteiger partial charge in [0.15, 0.2) is 0 Å². The molecule has 0 radical (unpaired) electrons. The molecule has 0 atom stereocenters. The molecule has 6 rings (SSSR count). The fraction of sp³-hybridized carbons (Fsp3) is 0.353. The number of piperazine rings is 1. The number of halogens is 1. The zero-order valence-electron chi connectivity index (χ0n) is 24.5. The Morgan fingerprint density at radius 1 is 1.05 bits per heavy atom. The number of hydrogen-bond donors (Lipinski definition) is 1. The second-order valence-corrected chi connectivity index (χ2v) is 12.5. The molecule has 0 saturated carbocycles. The zero-order valence-corrected chi connectivity index (χ0v) is 25.2. The van der Waals surface area contributed by atoms with Gasteiger partial charge in [-0.25, -0.2) is 9.78 Å². The van der Waals surface area contributed by atoms with Crippen LogP contribution in [0.25, 0.3) is 16.5 Å². The second kappa shape index (κ2) is 11.8. The van der Waals surface area contributed by atoms with Crippen molar-refractivity contribution < 1.29 is 14.3 Å². The average molecular weight is 585 g/mol. The third-order valence-corrected chi connectivity index (χ3v) is 8.78. The van der Waals surface area contributed by atoms with E-state index in [1.165, 1.54) is 24.7 Å². The number of H-pyrrole nitrogens is 1. The van der Waals surface area contributed by atoms with Crippen LogP contribution in [0.15, 0.2) is 72.6 Å². The van der Waals surface area contributed by atoms with E-state index in [4.69, 9.17) is 21.1 Å². The number of fused-ring (bicyclic) bond motifs is 1. The Morgan fingerprint density at radius 2 is 1.83 bits per heavy atom.